The van der Waals surface area contributed by atoms with Crippen molar-refractivity contribution in [2.75, 3.05) is 13.2 Å². The highest BCUT2D eigenvalue weighted by atomic mass is 16.5. The van der Waals surface area contributed by atoms with Crippen molar-refractivity contribution >= 4 is 0 Å². The van der Waals surface area contributed by atoms with Crippen LogP contribution in [0.15, 0.2) is 48.5 Å². The Bertz CT molecular complexity index is 805. The van der Waals surface area contributed by atoms with Gasteiger partial charge in [-0.3, -0.25) is 0 Å². The quantitative estimate of drug-likeness (QED) is 0.282. The van der Waals surface area contributed by atoms with Crippen molar-refractivity contribution in [3.8, 4) is 11.5 Å². The molecule has 184 valence electrons. The molecule has 2 rings (SSSR count). The molecular weight excluding hydrogens is 404 g/mol. The van der Waals surface area contributed by atoms with E-state index in [0.717, 1.165) is 37.6 Å². The highest BCUT2D eigenvalue weighted by Gasteiger charge is 2.23. The van der Waals surface area contributed by atoms with Crippen LogP contribution in [0.25, 0.3) is 0 Å². The molecule has 0 aliphatic carbocycles. The van der Waals surface area contributed by atoms with Gasteiger partial charge in [0.15, 0.2) is 0 Å². The van der Waals surface area contributed by atoms with Gasteiger partial charge in [0.2, 0.25) is 0 Å². The van der Waals surface area contributed by atoms with Crippen LogP contribution in [0.2, 0.25) is 0 Å². The Morgan fingerprint density at radius 2 is 0.970 bits per heavy atom. The Balaban J connectivity index is 1.88. The lowest BCUT2D eigenvalue weighted by Crippen LogP contribution is -2.18. The van der Waals surface area contributed by atoms with Gasteiger partial charge in [0.1, 0.15) is 11.5 Å². The van der Waals surface area contributed by atoms with Gasteiger partial charge < -0.3 is 9.47 Å². The third kappa shape index (κ3) is 8.72. The van der Waals surface area contributed by atoms with Crippen LogP contribution in [-0.2, 0) is 5.41 Å². The summed E-state index contributed by atoms with van der Waals surface area (Å²) in [6.07, 6.45) is 7.06. The zero-order valence-electron chi connectivity index (χ0n) is 22.6. The maximum Gasteiger partial charge on any atom is 0.119 e. The van der Waals surface area contributed by atoms with E-state index in [1.165, 1.54) is 36.8 Å². The highest BCUT2D eigenvalue weighted by molar-refractivity contribution is 5.41. The first kappa shape index (κ1) is 27.3. The zero-order valence-corrected chi connectivity index (χ0v) is 22.6. The predicted molar refractivity (Wildman–Crippen MR) is 143 cm³/mol. The zero-order chi connectivity index (χ0) is 24.5. The lowest BCUT2D eigenvalue weighted by molar-refractivity contribution is 0.227. The molecular formula is C31H48O2. The molecule has 2 aromatic carbocycles. The largest absolute Gasteiger partial charge is 0.494 e. The fourth-order valence-electron chi connectivity index (χ4n) is 4.19. The molecule has 0 spiro atoms. The molecule has 0 saturated carbocycles. The Kier molecular flexibility index (Phi) is 9.88. The Morgan fingerprint density at radius 1 is 0.576 bits per heavy atom. The van der Waals surface area contributed by atoms with Crippen LogP contribution in [0, 0.1) is 10.8 Å². The van der Waals surface area contributed by atoms with E-state index >= 15 is 0 Å². The van der Waals surface area contributed by atoms with E-state index in [1.54, 1.807) is 0 Å². The lowest BCUT2D eigenvalue weighted by Gasteiger charge is -2.27. The van der Waals surface area contributed by atoms with E-state index in [9.17, 15) is 0 Å². The molecule has 0 unspecified atom stereocenters. The third-order valence-corrected chi connectivity index (χ3v) is 7.39. The third-order valence-electron chi connectivity index (χ3n) is 7.39. The monoisotopic (exact) mass is 452 g/mol. The fraction of sp³-hybridized carbons (Fsp3) is 0.613. The van der Waals surface area contributed by atoms with E-state index in [-0.39, 0.29) is 5.41 Å². The molecule has 2 heteroatoms. The molecule has 0 aliphatic rings. The van der Waals surface area contributed by atoms with E-state index in [1.807, 2.05) is 0 Å². The molecule has 0 aliphatic heterocycles. The standard InChI is InChI=1S/C31H48O2/c1-9-31(8,10-2)22-12-24-33-28-19-15-26(16-20-28)30(6,7)25-13-17-27(18-14-25)32-23-11-21-29(3,4)5/h13-20H,9-12,21-24H2,1-8H3. The maximum atomic E-state index is 6.03. The van der Waals surface area contributed by atoms with Crippen molar-refractivity contribution in [1.29, 1.82) is 0 Å². The Hall–Kier alpha value is -1.96. The maximum absolute atomic E-state index is 6.03. The first-order valence-electron chi connectivity index (χ1n) is 13.0. The van der Waals surface area contributed by atoms with Crippen molar-refractivity contribution in [3.63, 3.8) is 0 Å². The second-order valence-electron chi connectivity index (χ2n) is 11.7. The molecule has 2 aromatic rings. The van der Waals surface area contributed by atoms with Gasteiger partial charge in [0.25, 0.3) is 0 Å². The Morgan fingerprint density at radius 3 is 1.33 bits per heavy atom. The Labute approximate surface area is 204 Å². The smallest absolute Gasteiger partial charge is 0.119 e. The van der Waals surface area contributed by atoms with Gasteiger partial charge in [0.05, 0.1) is 13.2 Å². The van der Waals surface area contributed by atoms with E-state index in [4.69, 9.17) is 9.47 Å². The van der Waals surface area contributed by atoms with E-state index in [2.05, 4.69) is 104 Å². The number of benzene rings is 2. The SMILES string of the molecule is CCC(C)(CC)CCCOc1ccc(C(C)(C)c2ccc(OCCCC(C)(C)C)cc2)cc1. The van der Waals surface area contributed by atoms with Crippen molar-refractivity contribution in [2.24, 2.45) is 10.8 Å². The number of hydrogen-bond acceptors (Lipinski definition) is 2. The minimum absolute atomic E-state index is 0.0760. The van der Waals surface area contributed by atoms with Crippen molar-refractivity contribution < 1.29 is 9.47 Å². The van der Waals surface area contributed by atoms with Gasteiger partial charge in [-0.05, 0) is 71.9 Å². The molecule has 0 fully saturated rings. The van der Waals surface area contributed by atoms with E-state index < -0.39 is 0 Å². The van der Waals surface area contributed by atoms with Crippen LogP contribution < -0.4 is 9.47 Å². The molecule has 0 radical (unpaired) electrons. The fourth-order valence-corrected chi connectivity index (χ4v) is 4.19. The number of ether oxygens (including phenoxy) is 2. The average molecular weight is 453 g/mol. The van der Waals surface area contributed by atoms with Gasteiger partial charge in [-0.1, -0.05) is 92.5 Å². The predicted octanol–water partition coefficient (Wildman–Crippen LogP) is 9.20. The second kappa shape index (κ2) is 12.0. The van der Waals surface area contributed by atoms with Gasteiger partial charge in [-0.2, -0.15) is 0 Å². The van der Waals surface area contributed by atoms with Crippen LogP contribution >= 0.6 is 0 Å². The topological polar surface area (TPSA) is 18.5 Å². The molecule has 0 heterocycles. The second-order valence-corrected chi connectivity index (χ2v) is 11.7. The van der Waals surface area contributed by atoms with Crippen LogP contribution in [-0.4, -0.2) is 13.2 Å². The average Bonchev–Trinajstić information content (AvgIpc) is 2.79. The van der Waals surface area contributed by atoms with Crippen LogP contribution in [0.3, 0.4) is 0 Å². The van der Waals surface area contributed by atoms with E-state index in [0.29, 0.717) is 10.8 Å². The summed E-state index contributed by atoms with van der Waals surface area (Å²) in [6.45, 7) is 19.9. The summed E-state index contributed by atoms with van der Waals surface area (Å²) in [5, 5.41) is 0. The summed E-state index contributed by atoms with van der Waals surface area (Å²) >= 11 is 0. The molecule has 0 saturated heterocycles. The molecule has 0 amide bonds. The summed E-state index contributed by atoms with van der Waals surface area (Å²) in [5.41, 5.74) is 3.32. The van der Waals surface area contributed by atoms with Gasteiger partial charge in [-0.25, -0.2) is 0 Å². The minimum atomic E-state index is -0.0760. The summed E-state index contributed by atoms with van der Waals surface area (Å²) < 4.78 is 12.0. The van der Waals surface area contributed by atoms with Gasteiger partial charge in [-0.15, -0.1) is 0 Å². The van der Waals surface area contributed by atoms with Gasteiger partial charge in [0, 0.05) is 5.41 Å². The molecule has 0 atom stereocenters. The first-order valence-corrected chi connectivity index (χ1v) is 13.0. The summed E-state index contributed by atoms with van der Waals surface area (Å²) in [6, 6.07) is 17.2. The van der Waals surface area contributed by atoms with Crippen molar-refractivity contribution in [3.05, 3.63) is 59.7 Å². The molecule has 33 heavy (non-hydrogen) atoms. The van der Waals surface area contributed by atoms with Crippen LogP contribution in [0.5, 0.6) is 11.5 Å². The first-order chi connectivity index (χ1) is 15.5. The van der Waals surface area contributed by atoms with Crippen LogP contribution in [0.4, 0.5) is 0 Å². The summed E-state index contributed by atoms with van der Waals surface area (Å²) in [5.74, 6) is 1.91. The number of rotatable bonds is 13. The number of hydrogen-bond donors (Lipinski definition) is 0. The van der Waals surface area contributed by atoms with Crippen molar-refractivity contribution in [1.82, 2.24) is 0 Å². The minimum Gasteiger partial charge on any atom is -0.494 e. The van der Waals surface area contributed by atoms with Crippen molar-refractivity contribution in [2.45, 2.75) is 99.3 Å². The van der Waals surface area contributed by atoms with Gasteiger partial charge >= 0.3 is 0 Å². The normalized spacial score (nSPS) is 12.6. The molecule has 0 bridgehead atoms. The summed E-state index contributed by atoms with van der Waals surface area (Å²) in [4.78, 5) is 0. The lowest BCUT2D eigenvalue weighted by atomic mass is 9.78. The summed E-state index contributed by atoms with van der Waals surface area (Å²) in [7, 11) is 0. The van der Waals surface area contributed by atoms with Crippen LogP contribution in [0.1, 0.15) is 105 Å². The molecule has 2 nitrogen and oxygen atoms in total. The molecule has 0 aromatic heterocycles. The highest BCUT2D eigenvalue weighted by Crippen LogP contribution is 2.34. The molecule has 0 N–H and O–H groups in total.